The van der Waals surface area contributed by atoms with Crippen molar-refractivity contribution >= 4 is 23.5 Å². The third-order valence-corrected chi connectivity index (χ3v) is 5.95. The summed E-state index contributed by atoms with van der Waals surface area (Å²) in [7, 11) is 0. The Labute approximate surface area is 195 Å². The molecule has 0 aliphatic carbocycles. The standard InChI is InChI=1S/C27H19N3O4/c31-26-22-4-2-1-3-21(22)23(13-18-5-8-20(9-6-18)29-12-11-28-16-29)27(32)30(26)15-19-7-10-24-25(14-19)34-17-33-24/h1-14,16H,15,17H2/b23-13+. The average Bonchev–Trinajstić information content (AvgIpc) is 3.57. The Morgan fingerprint density at radius 1 is 0.882 bits per heavy atom. The van der Waals surface area contributed by atoms with Gasteiger partial charge in [-0.3, -0.25) is 14.5 Å². The fraction of sp³-hybridized carbons (Fsp3) is 0.0741. The normalized spacial score (nSPS) is 15.6. The number of carbonyl (C=O) groups excluding carboxylic acids is 2. The van der Waals surface area contributed by atoms with Crippen molar-refractivity contribution in [2.24, 2.45) is 0 Å². The van der Waals surface area contributed by atoms with E-state index in [1.807, 2.05) is 71.4 Å². The van der Waals surface area contributed by atoms with Crippen LogP contribution in [0.15, 0.2) is 85.5 Å². The number of carbonyl (C=O) groups is 2. The van der Waals surface area contributed by atoms with Crippen molar-refractivity contribution in [2.45, 2.75) is 6.54 Å². The zero-order valence-corrected chi connectivity index (χ0v) is 18.0. The maximum atomic E-state index is 13.6. The quantitative estimate of drug-likeness (QED) is 0.343. The van der Waals surface area contributed by atoms with Gasteiger partial charge in [-0.25, -0.2) is 4.98 Å². The smallest absolute Gasteiger partial charge is 0.261 e. The molecule has 0 N–H and O–H groups in total. The van der Waals surface area contributed by atoms with Gasteiger partial charge in [0.25, 0.3) is 11.8 Å². The Morgan fingerprint density at radius 2 is 1.68 bits per heavy atom. The van der Waals surface area contributed by atoms with E-state index in [2.05, 4.69) is 4.98 Å². The minimum absolute atomic E-state index is 0.138. The van der Waals surface area contributed by atoms with Gasteiger partial charge in [0, 0.05) is 29.2 Å². The zero-order valence-electron chi connectivity index (χ0n) is 18.0. The van der Waals surface area contributed by atoms with Crippen LogP contribution in [0.2, 0.25) is 0 Å². The van der Waals surface area contributed by atoms with Crippen LogP contribution in [0.5, 0.6) is 11.5 Å². The third kappa shape index (κ3) is 3.44. The van der Waals surface area contributed by atoms with Crippen molar-refractivity contribution in [1.82, 2.24) is 14.5 Å². The van der Waals surface area contributed by atoms with E-state index in [0.29, 0.717) is 28.2 Å². The highest BCUT2D eigenvalue weighted by Gasteiger charge is 2.34. The van der Waals surface area contributed by atoms with Crippen LogP contribution in [0.3, 0.4) is 0 Å². The van der Waals surface area contributed by atoms with Crippen LogP contribution < -0.4 is 9.47 Å². The number of aromatic nitrogens is 2. The molecule has 4 aromatic rings. The first-order chi connectivity index (χ1) is 16.7. The van der Waals surface area contributed by atoms with Crippen LogP contribution in [-0.4, -0.2) is 33.1 Å². The second-order valence-corrected chi connectivity index (χ2v) is 8.05. The number of fused-ring (bicyclic) bond motifs is 2. The Kier molecular flexibility index (Phi) is 4.73. The summed E-state index contributed by atoms with van der Waals surface area (Å²) >= 11 is 0. The highest BCUT2D eigenvalue weighted by molar-refractivity contribution is 6.33. The van der Waals surface area contributed by atoms with Gasteiger partial charge in [-0.15, -0.1) is 0 Å². The lowest BCUT2D eigenvalue weighted by Crippen LogP contribution is -2.41. The second-order valence-electron chi connectivity index (χ2n) is 8.05. The van der Waals surface area contributed by atoms with Gasteiger partial charge in [0.05, 0.1) is 12.9 Å². The lowest BCUT2D eigenvalue weighted by molar-refractivity contribution is -0.123. The average molecular weight is 449 g/mol. The predicted molar refractivity (Wildman–Crippen MR) is 125 cm³/mol. The fourth-order valence-corrected chi connectivity index (χ4v) is 4.23. The van der Waals surface area contributed by atoms with Crippen LogP contribution in [0.1, 0.15) is 27.0 Å². The number of nitrogens with zero attached hydrogens (tertiary/aromatic N) is 3. The molecule has 0 spiro atoms. The molecule has 0 bridgehead atoms. The highest BCUT2D eigenvalue weighted by atomic mass is 16.7. The first kappa shape index (κ1) is 20.0. The van der Waals surface area contributed by atoms with Crippen molar-refractivity contribution in [3.05, 3.63) is 108 Å². The van der Waals surface area contributed by atoms with Gasteiger partial charge in [-0.1, -0.05) is 36.4 Å². The Morgan fingerprint density at radius 3 is 2.47 bits per heavy atom. The van der Waals surface area contributed by atoms with Gasteiger partial charge >= 0.3 is 0 Å². The summed E-state index contributed by atoms with van der Waals surface area (Å²) in [4.78, 5) is 32.2. The molecule has 2 aliphatic heterocycles. The van der Waals surface area contributed by atoms with Gasteiger partial charge in [0.1, 0.15) is 0 Å². The number of hydrogen-bond donors (Lipinski definition) is 0. The summed E-state index contributed by atoms with van der Waals surface area (Å²) in [5.41, 5.74) is 4.23. The number of imide groups is 1. The molecule has 0 unspecified atom stereocenters. The van der Waals surface area contributed by atoms with Crippen LogP contribution in [0.4, 0.5) is 0 Å². The van der Waals surface area contributed by atoms with E-state index < -0.39 is 0 Å². The second kappa shape index (κ2) is 8.04. The van der Waals surface area contributed by atoms with Gasteiger partial charge in [-0.05, 0) is 53.1 Å². The van der Waals surface area contributed by atoms with Gasteiger partial charge < -0.3 is 14.0 Å². The third-order valence-electron chi connectivity index (χ3n) is 5.95. The molecule has 34 heavy (non-hydrogen) atoms. The summed E-state index contributed by atoms with van der Waals surface area (Å²) in [5.74, 6) is 0.625. The van der Waals surface area contributed by atoms with E-state index >= 15 is 0 Å². The molecule has 3 heterocycles. The SMILES string of the molecule is O=C1/C(=C/c2ccc(-n3ccnc3)cc2)c2ccccc2C(=O)N1Cc1ccc2c(c1)OCO2. The first-order valence-corrected chi connectivity index (χ1v) is 10.8. The Hall–Kier alpha value is -4.65. The molecule has 0 saturated carbocycles. The fourth-order valence-electron chi connectivity index (χ4n) is 4.23. The van der Waals surface area contributed by atoms with E-state index in [9.17, 15) is 9.59 Å². The van der Waals surface area contributed by atoms with Crippen molar-refractivity contribution in [3.8, 4) is 17.2 Å². The minimum atomic E-state index is -0.333. The van der Waals surface area contributed by atoms with E-state index in [4.69, 9.17) is 9.47 Å². The molecule has 2 aliphatic rings. The zero-order chi connectivity index (χ0) is 23.1. The van der Waals surface area contributed by atoms with Gasteiger partial charge in [0.2, 0.25) is 6.79 Å². The maximum Gasteiger partial charge on any atom is 0.261 e. The number of benzene rings is 3. The topological polar surface area (TPSA) is 73.7 Å². The van der Waals surface area contributed by atoms with Crippen molar-refractivity contribution in [3.63, 3.8) is 0 Å². The highest BCUT2D eigenvalue weighted by Crippen LogP contribution is 2.35. The van der Waals surface area contributed by atoms with E-state index in [0.717, 1.165) is 16.8 Å². The molecule has 0 saturated heterocycles. The lowest BCUT2D eigenvalue weighted by Gasteiger charge is -2.29. The molecule has 1 aromatic heterocycles. The van der Waals surface area contributed by atoms with E-state index in [1.54, 1.807) is 24.7 Å². The molecular formula is C27H19N3O4. The Balaban J connectivity index is 1.36. The molecule has 0 fully saturated rings. The maximum absolute atomic E-state index is 13.6. The lowest BCUT2D eigenvalue weighted by atomic mass is 9.91. The Bertz CT molecular complexity index is 1440. The van der Waals surface area contributed by atoms with Crippen LogP contribution in [0.25, 0.3) is 17.3 Å². The van der Waals surface area contributed by atoms with Gasteiger partial charge in [0.15, 0.2) is 11.5 Å². The van der Waals surface area contributed by atoms with Gasteiger partial charge in [-0.2, -0.15) is 0 Å². The van der Waals surface area contributed by atoms with E-state index in [1.165, 1.54) is 4.90 Å². The molecule has 0 radical (unpaired) electrons. The van der Waals surface area contributed by atoms with Crippen molar-refractivity contribution in [2.75, 3.05) is 6.79 Å². The molecule has 166 valence electrons. The monoisotopic (exact) mass is 449 g/mol. The summed E-state index contributed by atoms with van der Waals surface area (Å²) in [6.45, 7) is 0.305. The van der Waals surface area contributed by atoms with Crippen molar-refractivity contribution in [1.29, 1.82) is 0 Å². The largest absolute Gasteiger partial charge is 0.454 e. The summed E-state index contributed by atoms with van der Waals surface area (Å²) in [6.07, 6.45) is 7.15. The predicted octanol–water partition coefficient (Wildman–Crippen LogP) is 4.32. The summed E-state index contributed by atoms with van der Waals surface area (Å²) in [6, 6.07) is 20.5. The number of hydrogen-bond acceptors (Lipinski definition) is 5. The summed E-state index contributed by atoms with van der Waals surface area (Å²) in [5, 5.41) is 0. The minimum Gasteiger partial charge on any atom is -0.454 e. The molecule has 3 aromatic carbocycles. The number of ether oxygens (including phenoxy) is 2. The van der Waals surface area contributed by atoms with Crippen molar-refractivity contribution < 1.29 is 19.1 Å². The number of amides is 2. The van der Waals surface area contributed by atoms with Crippen LogP contribution >= 0.6 is 0 Å². The summed E-state index contributed by atoms with van der Waals surface area (Å²) < 4.78 is 12.7. The van der Waals surface area contributed by atoms with Crippen LogP contribution in [0, 0.1) is 0 Å². The number of imidazole rings is 1. The van der Waals surface area contributed by atoms with Crippen LogP contribution in [-0.2, 0) is 11.3 Å². The molecule has 6 rings (SSSR count). The molecule has 7 nitrogen and oxygen atoms in total. The molecular weight excluding hydrogens is 430 g/mol. The molecule has 7 heteroatoms. The molecule has 0 atom stereocenters. The number of rotatable bonds is 4. The molecule has 2 amide bonds. The first-order valence-electron chi connectivity index (χ1n) is 10.8. The van der Waals surface area contributed by atoms with E-state index in [-0.39, 0.29) is 25.2 Å².